The zero-order chi connectivity index (χ0) is 15.1. The van der Waals surface area contributed by atoms with E-state index in [4.69, 9.17) is 14.2 Å². The highest BCUT2D eigenvalue weighted by molar-refractivity contribution is 5.31. The molecule has 0 amide bonds. The number of nitrogens with one attached hydrogen (secondary N) is 1. The molecule has 0 saturated heterocycles. The monoisotopic (exact) mass is 289 g/mol. The van der Waals surface area contributed by atoms with E-state index in [0.717, 1.165) is 17.2 Å². The predicted octanol–water partition coefficient (Wildman–Crippen LogP) is 2.54. The highest BCUT2D eigenvalue weighted by Gasteiger charge is 2.04. The molecule has 0 fully saturated rings. The molecule has 0 aliphatic heterocycles. The molecule has 0 aliphatic carbocycles. The van der Waals surface area contributed by atoms with Gasteiger partial charge in [-0.15, -0.1) is 0 Å². The lowest BCUT2D eigenvalue weighted by molar-refractivity contribution is 0.244. The topological polar surface area (TPSA) is 60.6 Å². The normalized spacial score (nSPS) is 10.2. The van der Waals surface area contributed by atoms with Gasteiger partial charge in [-0.25, -0.2) is 0 Å². The molecule has 0 unspecified atom stereocenters. The number of aromatic nitrogens is 1. The molecule has 2 rings (SSSR count). The number of benzene rings is 1. The molecular formula is C16H19NO4. The fourth-order valence-electron chi connectivity index (χ4n) is 1.84. The van der Waals surface area contributed by atoms with Gasteiger partial charge in [0.1, 0.15) is 11.5 Å². The van der Waals surface area contributed by atoms with Gasteiger partial charge in [0.2, 0.25) is 5.43 Å². The molecule has 2 aromatic rings. The van der Waals surface area contributed by atoms with Crippen LogP contribution in [0.25, 0.3) is 0 Å². The molecule has 5 nitrogen and oxygen atoms in total. The number of ether oxygens (including phenoxy) is 3. The Bertz CT molecular complexity index is 619. The quantitative estimate of drug-likeness (QED) is 0.796. The molecule has 0 saturated carbocycles. The smallest absolute Gasteiger partial charge is 0.223 e. The zero-order valence-electron chi connectivity index (χ0n) is 12.2. The van der Waals surface area contributed by atoms with Crippen LogP contribution in [-0.2, 0) is 0 Å². The van der Waals surface area contributed by atoms with Gasteiger partial charge in [-0.1, -0.05) is 0 Å². The van der Waals surface area contributed by atoms with Crippen molar-refractivity contribution in [2.45, 2.75) is 13.3 Å². The second-order valence-electron chi connectivity index (χ2n) is 4.52. The number of hydrogen-bond acceptors (Lipinski definition) is 4. The number of rotatable bonds is 7. The van der Waals surface area contributed by atoms with Crippen LogP contribution in [0.3, 0.4) is 0 Å². The second-order valence-corrected chi connectivity index (χ2v) is 4.52. The van der Waals surface area contributed by atoms with E-state index < -0.39 is 0 Å². The predicted molar refractivity (Wildman–Crippen MR) is 80.4 cm³/mol. The van der Waals surface area contributed by atoms with Crippen molar-refractivity contribution in [1.29, 1.82) is 0 Å². The lowest BCUT2D eigenvalue weighted by Gasteiger charge is -2.09. The van der Waals surface area contributed by atoms with Crippen molar-refractivity contribution in [3.05, 3.63) is 52.4 Å². The standard InChI is InChI=1S/C16H19NO4/c1-12-16(15(18)8-9-17-12)21-11-3-10-20-14-6-4-13(19-2)5-7-14/h4-9H,3,10-11H2,1-2H3,(H,17,18). The molecule has 0 atom stereocenters. The molecule has 0 bridgehead atoms. The van der Waals surface area contributed by atoms with Gasteiger partial charge in [-0.05, 0) is 31.2 Å². The maximum Gasteiger partial charge on any atom is 0.223 e. The van der Waals surface area contributed by atoms with E-state index in [1.165, 1.54) is 6.07 Å². The van der Waals surface area contributed by atoms with E-state index >= 15 is 0 Å². The van der Waals surface area contributed by atoms with Gasteiger partial charge < -0.3 is 19.2 Å². The number of H-pyrrole nitrogens is 1. The first-order valence-electron chi connectivity index (χ1n) is 6.78. The molecular weight excluding hydrogens is 270 g/mol. The van der Waals surface area contributed by atoms with Crippen LogP contribution in [0.2, 0.25) is 0 Å². The third-order valence-corrected chi connectivity index (χ3v) is 2.96. The minimum atomic E-state index is -0.109. The third kappa shape index (κ3) is 4.27. The van der Waals surface area contributed by atoms with Crippen molar-refractivity contribution in [3.8, 4) is 17.2 Å². The average Bonchev–Trinajstić information content (AvgIpc) is 2.50. The largest absolute Gasteiger partial charge is 0.497 e. The Morgan fingerprint density at radius 1 is 1.00 bits per heavy atom. The zero-order valence-corrected chi connectivity index (χ0v) is 12.2. The SMILES string of the molecule is COc1ccc(OCCCOc2c(C)[nH]ccc2=O)cc1. The van der Waals surface area contributed by atoms with Crippen molar-refractivity contribution < 1.29 is 14.2 Å². The van der Waals surface area contributed by atoms with Gasteiger partial charge in [0.05, 0.1) is 26.0 Å². The fraction of sp³-hybridized carbons (Fsp3) is 0.312. The highest BCUT2D eigenvalue weighted by atomic mass is 16.5. The van der Waals surface area contributed by atoms with Crippen molar-refractivity contribution in [1.82, 2.24) is 4.98 Å². The Morgan fingerprint density at radius 2 is 1.67 bits per heavy atom. The molecule has 112 valence electrons. The van der Waals surface area contributed by atoms with Crippen molar-refractivity contribution in [2.75, 3.05) is 20.3 Å². The number of aryl methyl sites for hydroxylation is 1. The minimum Gasteiger partial charge on any atom is -0.497 e. The number of pyridine rings is 1. The van der Waals surface area contributed by atoms with E-state index in [2.05, 4.69) is 4.98 Å². The van der Waals surface area contributed by atoms with Crippen molar-refractivity contribution in [3.63, 3.8) is 0 Å². The van der Waals surface area contributed by atoms with Crippen LogP contribution in [0.15, 0.2) is 41.3 Å². The Balaban J connectivity index is 1.73. The van der Waals surface area contributed by atoms with Crippen molar-refractivity contribution in [2.24, 2.45) is 0 Å². The summed E-state index contributed by atoms with van der Waals surface area (Å²) in [6, 6.07) is 8.85. The molecule has 1 N–H and O–H groups in total. The summed E-state index contributed by atoms with van der Waals surface area (Å²) in [5.41, 5.74) is 0.626. The van der Waals surface area contributed by atoms with E-state index in [9.17, 15) is 4.79 Å². The van der Waals surface area contributed by atoms with E-state index in [1.807, 2.05) is 31.2 Å². The van der Waals surface area contributed by atoms with Crippen molar-refractivity contribution >= 4 is 0 Å². The van der Waals surface area contributed by atoms with E-state index in [-0.39, 0.29) is 5.43 Å². The third-order valence-electron chi connectivity index (χ3n) is 2.96. The van der Waals surface area contributed by atoms with Crippen LogP contribution in [0.4, 0.5) is 0 Å². The molecule has 0 aliphatic rings. The van der Waals surface area contributed by atoms with E-state index in [0.29, 0.717) is 25.4 Å². The van der Waals surface area contributed by atoms with Gasteiger partial charge in [0, 0.05) is 18.7 Å². The van der Waals surface area contributed by atoms with Crippen LogP contribution < -0.4 is 19.6 Å². The van der Waals surface area contributed by atoms with Gasteiger partial charge in [-0.3, -0.25) is 4.79 Å². The van der Waals surface area contributed by atoms with Gasteiger partial charge in [0.15, 0.2) is 5.75 Å². The highest BCUT2D eigenvalue weighted by Crippen LogP contribution is 2.17. The Labute approximate surface area is 123 Å². The summed E-state index contributed by atoms with van der Waals surface area (Å²) in [6.45, 7) is 2.77. The van der Waals surface area contributed by atoms with Crippen LogP contribution in [-0.4, -0.2) is 25.3 Å². The summed E-state index contributed by atoms with van der Waals surface area (Å²) in [4.78, 5) is 14.5. The summed E-state index contributed by atoms with van der Waals surface area (Å²) in [7, 11) is 1.63. The molecule has 21 heavy (non-hydrogen) atoms. The number of methoxy groups -OCH3 is 1. The summed E-state index contributed by atoms with van der Waals surface area (Å²) in [5.74, 6) is 1.95. The first kappa shape index (κ1) is 15.0. The second kappa shape index (κ2) is 7.38. The Kier molecular flexibility index (Phi) is 5.26. The number of aromatic amines is 1. The molecule has 1 heterocycles. The Hall–Kier alpha value is -2.43. The maximum absolute atomic E-state index is 11.6. The first-order valence-corrected chi connectivity index (χ1v) is 6.78. The van der Waals surface area contributed by atoms with Crippen LogP contribution in [0.1, 0.15) is 12.1 Å². The fourth-order valence-corrected chi connectivity index (χ4v) is 1.84. The van der Waals surface area contributed by atoms with Gasteiger partial charge in [-0.2, -0.15) is 0 Å². The van der Waals surface area contributed by atoms with Crippen LogP contribution in [0.5, 0.6) is 17.2 Å². The molecule has 0 radical (unpaired) electrons. The summed E-state index contributed by atoms with van der Waals surface area (Å²) >= 11 is 0. The molecule has 1 aromatic carbocycles. The van der Waals surface area contributed by atoms with Crippen LogP contribution >= 0.6 is 0 Å². The summed E-state index contributed by atoms with van der Waals surface area (Å²) in [6.07, 6.45) is 2.30. The lowest BCUT2D eigenvalue weighted by atomic mass is 10.3. The summed E-state index contributed by atoms with van der Waals surface area (Å²) < 4.78 is 16.2. The Morgan fingerprint density at radius 3 is 2.33 bits per heavy atom. The first-order chi connectivity index (χ1) is 10.2. The molecule has 0 spiro atoms. The van der Waals surface area contributed by atoms with Crippen LogP contribution in [0, 0.1) is 6.92 Å². The van der Waals surface area contributed by atoms with Gasteiger partial charge in [0.25, 0.3) is 0 Å². The minimum absolute atomic E-state index is 0.109. The van der Waals surface area contributed by atoms with E-state index in [1.54, 1.807) is 13.3 Å². The average molecular weight is 289 g/mol. The molecule has 5 heteroatoms. The molecule has 1 aromatic heterocycles. The lowest BCUT2D eigenvalue weighted by Crippen LogP contribution is -2.12. The van der Waals surface area contributed by atoms with Gasteiger partial charge >= 0.3 is 0 Å². The number of hydrogen-bond donors (Lipinski definition) is 1. The summed E-state index contributed by atoms with van der Waals surface area (Å²) in [5, 5.41) is 0. The maximum atomic E-state index is 11.6.